The molecule has 7 nitrogen and oxygen atoms in total. The van der Waals surface area contributed by atoms with Crippen molar-refractivity contribution in [2.24, 2.45) is 0 Å². The average Bonchev–Trinajstić information content (AvgIpc) is 3.11. The largest absolute Gasteiger partial charge is 0.497 e. The number of rotatable bonds is 4. The topological polar surface area (TPSA) is 62.3 Å². The highest BCUT2D eigenvalue weighted by atomic mass is 16.6. The molecule has 2 amide bonds. The number of carbonyl (C=O) groups excluding carboxylic acids is 2. The second kappa shape index (κ2) is 9.43. The Hall–Kier alpha value is -3.06. The van der Waals surface area contributed by atoms with Crippen molar-refractivity contribution in [2.75, 3.05) is 31.6 Å². The van der Waals surface area contributed by atoms with E-state index in [9.17, 15) is 9.59 Å². The summed E-state index contributed by atoms with van der Waals surface area (Å²) in [4.78, 5) is 31.4. The Bertz CT molecular complexity index is 1010. The third kappa shape index (κ3) is 5.66. The number of anilines is 1. The van der Waals surface area contributed by atoms with E-state index in [2.05, 4.69) is 11.0 Å². The van der Waals surface area contributed by atoms with Crippen LogP contribution in [0.3, 0.4) is 0 Å². The van der Waals surface area contributed by atoms with Crippen LogP contribution in [0, 0.1) is 0 Å². The Morgan fingerprint density at radius 3 is 2.39 bits per heavy atom. The van der Waals surface area contributed by atoms with Gasteiger partial charge in [0.15, 0.2) is 0 Å². The van der Waals surface area contributed by atoms with Gasteiger partial charge in [-0.1, -0.05) is 18.2 Å². The first-order valence-electron chi connectivity index (χ1n) is 11.5. The SMILES string of the molecule is COc1ccc(CN2CCCN(c3ccc4c(c3)CN(C(=O)OC(C)(C)C)C4)C(=O)C2)cc1. The molecular formula is C26H33N3O4. The average molecular weight is 452 g/mol. The normalized spacial score (nSPS) is 17.0. The van der Waals surface area contributed by atoms with E-state index in [1.54, 1.807) is 12.0 Å². The third-order valence-corrected chi connectivity index (χ3v) is 5.96. The predicted octanol–water partition coefficient (Wildman–Crippen LogP) is 4.18. The summed E-state index contributed by atoms with van der Waals surface area (Å²) < 4.78 is 10.7. The van der Waals surface area contributed by atoms with Crippen molar-refractivity contribution in [2.45, 2.75) is 52.4 Å². The minimum absolute atomic E-state index is 0.1000. The number of fused-ring (bicyclic) bond motifs is 1. The fourth-order valence-electron chi connectivity index (χ4n) is 4.33. The highest BCUT2D eigenvalue weighted by Crippen LogP contribution is 2.29. The van der Waals surface area contributed by atoms with Crippen LogP contribution < -0.4 is 9.64 Å². The number of hydrogen-bond acceptors (Lipinski definition) is 5. The zero-order valence-electron chi connectivity index (χ0n) is 20.0. The molecule has 0 saturated carbocycles. The monoisotopic (exact) mass is 451 g/mol. The van der Waals surface area contributed by atoms with Crippen molar-refractivity contribution < 1.29 is 19.1 Å². The van der Waals surface area contributed by atoms with E-state index in [1.165, 1.54) is 0 Å². The minimum atomic E-state index is -0.521. The van der Waals surface area contributed by atoms with E-state index in [0.717, 1.165) is 47.6 Å². The van der Waals surface area contributed by atoms with Crippen LogP contribution in [0.15, 0.2) is 42.5 Å². The van der Waals surface area contributed by atoms with E-state index < -0.39 is 5.60 Å². The number of ether oxygens (including phenoxy) is 2. The first-order chi connectivity index (χ1) is 15.7. The van der Waals surface area contributed by atoms with Crippen molar-refractivity contribution in [1.29, 1.82) is 0 Å². The second-order valence-corrected chi connectivity index (χ2v) is 9.75. The van der Waals surface area contributed by atoms with E-state index in [-0.39, 0.29) is 12.0 Å². The molecule has 0 atom stereocenters. The highest BCUT2D eigenvalue weighted by Gasteiger charge is 2.29. The molecule has 2 heterocycles. The molecule has 2 aliphatic heterocycles. The van der Waals surface area contributed by atoms with Crippen molar-refractivity contribution in [3.05, 3.63) is 59.2 Å². The van der Waals surface area contributed by atoms with Crippen LogP contribution >= 0.6 is 0 Å². The fraction of sp³-hybridized carbons (Fsp3) is 0.462. The molecule has 0 N–H and O–H groups in total. The smallest absolute Gasteiger partial charge is 0.410 e. The number of amides is 2. The lowest BCUT2D eigenvalue weighted by molar-refractivity contribution is -0.119. The van der Waals surface area contributed by atoms with Crippen LogP contribution in [0.25, 0.3) is 0 Å². The molecule has 0 aliphatic carbocycles. The molecule has 0 radical (unpaired) electrons. The van der Waals surface area contributed by atoms with Crippen molar-refractivity contribution in [1.82, 2.24) is 9.80 Å². The van der Waals surface area contributed by atoms with Crippen molar-refractivity contribution >= 4 is 17.7 Å². The quantitative estimate of drug-likeness (QED) is 0.698. The van der Waals surface area contributed by atoms with Crippen LogP contribution in [0.2, 0.25) is 0 Å². The molecule has 1 fully saturated rings. The molecule has 0 spiro atoms. The number of carbonyl (C=O) groups is 2. The van der Waals surface area contributed by atoms with Gasteiger partial charge in [-0.05, 0) is 68.1 Å². The van der Waals surface area contributed by atoms with Gasteiger partial charge in [0.1, 0.15) is 11.4 Å². The minimum Gasteiger partial charge on any atom is -0.497 e. The van der Waals surface area contributed by atoms with Crippen LogP contribution in [-0.4, -0.2) is 54.1 Å². The molecule has 2 aromatic rings. The molecule has 0 bridgehead atoms. The first kappa shape index (κ1) is 23.1. The lowest BCUT2D eigenvalue weighted by atomic mass is 10.1. The number of benzene rings is 2. The molecule has 0 aromatic heterocycles. The van der Waals surface area contributed by atoms with Crippen molar-refractivity contribution in [3.8, 4) is 5.75 Å². The van der Waals surface area contributed by atoms with Crippen LogP contribution in [0.1, 0.15) is 43.9 Å². The fourth-order valence-corrected chi connectivity index (χ4v) is 4.33. The Balaban J connectivity index is 1.40. The summed E-state index contributed by atoms with van der Waals surface area (Å²) in [6.07, 6.45) is 0.600. The van der Waals surface area contributed by atoms with Crippen LogP contribution in [-0.2, 0) is 29.2 Å². The summed E-state index contributed by atoms with van der Waals surface area (Å²) in [6, 6.07) is 14.1. The molecule has 176 valence electrons. The number of hydrogen-bond donors (Lipinski definition) is 0. The molecular weight excluding hydrogens is 418 g/mol. The van der Waals surface area contributed by atoms with Gasteiger partial charge >= 0.3 is 6.09 Å². The molecule has 2 aliphatic rings. The highest BCUT2D eigenvalue weighted by molar-refractivity contribution is 5.95. The molecule has 2 aromatic carbocycles. The summed E-state index contributed by atoms with van der Waals surface area (Å²) in [5.74, 6) is 0.932. The Kier molecular flexibility index (Phi) is 6.61. The van der Waals surface area contributed by atoms with Gasteiger partial charge in [-0.25, -0.2) is 4.79 Å². The molecule has 7 heteroatoms. The standard InChI is InChI=1S/C26H33N3O4/c1-26(2,3)33-25(31)28-16-20-8-9-22(14-21(20)17-28)29-13-5-12-27(18-24(29)30)15-19-6-10-23(32-4)11-7-19/h6-11,14H,5,12-13,15-18H2,1-4H3. The number of methoxy groups -OCH3 is 1. The van der Waals surface area contributed by atoms with E-state index in [4.69, 9.17) is 9.47 Å². The van der Waals surface area contributed by atoms with Gasteiger partial charge in [0.05, 0.1) is 13.7 Å². The maximum atomic E-state index is 13.1. The van der Waals surface area contributed by atoms with Gasteiger partial charge in [0, 0.05) is 38.4 Å². The predicted molar refractivity (Wildman–Crippen MR) is 127 cm³/mol. The lowest BCUT2D eigenvalue weighted by Crippen LogP contribution is -2.36. The maximum absolute atomic E-state index is 13.1. The Morgan fingerprint density at radius 2 is 1.70 bits per heavy atom. The zero-order valence-corrected chi connectivity index (χ0v) is 20.0. The van der Waals surface area contributed by atoms with Gasteiger partial charge in [0.2, 0.25) is 5.91 Å². The molecule has 1 saturated heterocycles. The van der Waals surface area contributed by atoms with Crippen molar-refractivity contribution in [3.63, 3.8) is 0 Å². The lowest BCUT2D eigenvalue weighted by Gasteiger charge is -2.24. The van der Waals surface area contributed by atoms with Gasteiger partial charge in [-0.3, -0.25) is 14.6 Å². The second-order valence-electron chi connectivity index (χ2n) is 9.75. The van der Waals surface area contributed by atoms with Crippen LogP contribution in [0.4, 0.5) is 10.5 Å². The third-order valence-electron chi connectivity index (χ3n) is 5.96. The first-order valence-corrected chi connectivity index (χ1v) is 11.5. The summed E-state index contributed by atoms with van der Waals surface area (Å²) in [7, 11) is 1.66. The Labute approximate surface area is 195 Å². The number of nitrogens with zero attached hydrogens (tertiary/aromatic N) is 3. The molecule has 33 heavy (non-hydrogen) atoms. The summed E-state index contributed by atoms with van der Waals surface area (Å²) in [5, 5.41) is 0. The van der Waals surface area contributed by atoms with Gasteiger partial charge in [0.25, 0.3) is 0 Å². The summed E-state index contributed by atoms with van der Waals surface area (Å²) in [6.45, 7) is 9.32. The van der Waals surface area contributed by atoms with Gasteiger partial charge < -0.3 is 14.4 Å². The van der Waals surface area contributed by atoms with Gasteiger partial charge in [-0.15, -0.1) is 0 Å². The maximum Gasteiger partial charge on any atom is 0.410 e. The zero-order chi connectivity index (χ0) is 23.6. The van der Waals surface area contributed by atoms with E-state index in [0.29, 0.717) is 26.2 Å². The Morgan fingerprint density at radius 1 is 0.970 bits per heavy atom. The van der Waals surface area contributed by atoms with E-state index in [1.807, 2.05) is 62.1 Å². The summed E-state index contributed by atoms with van der Waals surface area (Å²) in [5.41, 5.74) is 3.72. The molecule has 0 unspecified atom stereocenters. The van der Waals surface area contributed by atoms with E-state index >= 15 is 0 Å². The summed E-state index contributed by atoms with van der Waals surface area (Å²) >= 11 is 0. The molecule has 4 rings (SSSR count). The van der Waals surface area contributed by atoms with Gasteiger partial charge in [-0.2, -0.15) is 0 Å². The van der Waals surface area contributed by atoms with Crippen LogP contribution in [0.5, 0.6) is 5.75 Å².